The zero-order chi connectivity index (χ0) is 26.6. The summed E-state index contributed by atoms with van der Waals surface area (Å²) >= 11 is 0. The van der Waals surface area contributed by atoms with Crippen molar-refractivity contribution in [3.63, 3.8) is 0 Å². The second-order valence-electron chi connectivity index (χ2n) is 10.0. The molecular formula is C31H37N3O4. The molecule has 3 aromatic rings. The molecule has 200 valence electrons. The number of hydrogen-bond donors (Lipinski definition) is 1. The van der Waals surface area contributed by atoms with Crippen LogP contribution in [0.3, 0.4) is 0 Å². The summed E-state index contributed by atoms with van der Waals surface area (Å²) in [5.74, 6) is 2.15. The molecule has 2 heterocycles. The van der Waals surface area contributed by atoms with Gasteiger partial charge in [0, 0.05) is 37.5 Å². The summed E-state index contributed by atoms with van der Waals surface area (Å²) in [6, 6.07) is 18.6. The Balaban J connectivity index is 1.33. The van der Waals surface area contributed by atoms with E-state index in [1.165, 1.54) is 12.8 Å². The maximum atomic E-state index is 13.5. The van der Waals surface area contributed by atoms with Crippen molar-refractivity contribution in [2.24, 2.45) is 0 Å². The van der Waals surface area contributed by atoms with Gasteiger partial charge in [0.25, 0.3) is 5.91 Å². The van der Waals surface area contributed by atoms with Crippen LogP contribution in [0.5, 0.6) is 17.2 Å². The third-order valence-corrected chi connectivity index (χ3v) is 7.33. The summed E-state index contributed by atoms with van der Waals surface area (Å²) in [6.45, 7) is 4.82. The molecule has 0 spiro atoms. The van der Waals surface area contributed by atoms with Gasteiger partial charge in [-0.15, -0.1) is 0 Å². The van der Waals surface area contributed by atoms with Gasteiger partial charge in [-0.05, 0) is 79.8 Å². The largest absolute Gasteiger partial charge is 0.493 e. The van der Waals surface area contributed by atoms with Crippen molar-refractivity contribution < 1.29 is 19.0 Å². The van der Waals surface area contributed by atoms with E-state index in [9.17, 15) is 4.79 Å². The molecule has 0 saturated carbocycles. The fraction of sp³-hybridized carbons (Fsp3) is 0.387. The van der Waals surface area contributed by atoms with Crippen molar-refractivity contribution in [1.82, 2.24) is 5.32 Å². The molecule has 1 N–H and O–H groups in total. The van der Waals surface area contributed by atoms with E-state index in [0.717, 1.165) is 52.3 Å². The van der Waals surface area contributed by atoms with Gasteiger partial charge in [0.05, 0.1) is 32.6 Å². The number of carbonyl (C=O) groups excluding carboxylic acids is 1. The number of carbonyl (C=O) groups is 1. The van der Waals surface area contributed by atoms with E-state index >= 15 is 0 Å². The fourth-order valence-corrected chi connectivity index (χ4v) is 5.28. The second kappa shape index (κ2) is 11.4. The van der Waals surface area contributed by atoms with Crippen LogP contribution in [0.4, 0.5) is 11.4 Å². The Morgan fingerprint density at radius 3 is 2.53 bits per heavy atom. The average molecular weight is 516 g/mol. The molecule has 0 aromatic heterocycles. The summed E-state index contributed by atoms with van der Waals surface area (Å²) in [7, 11) is 5.64. The summed E-state index contributed by atoms with van der Waals surface area (Å²) in [6.07, 6.45) is 3.40. The predicted octanol–water partition coefficient (Wildman–Crippen LogP) is 5.51. The number of fused-ring (bicyclic) bond motifs is 1. The second-order valence-corrected chi connectivity index (χ2v) is 10.0. The minimum absolute atomic E-state index is 0.0141. The predicted molar refractivity (Wildman–Crippen MR) is 152 cm³/mol. The molecule has 1 saturated heterocycles. The molecule has 1 atom stereocenters. The first kappa shape index (κ1) is 25.9. The lowest BCUT2D eigenvalue weighted by molar-refractivity contribution is 0.0996. The standard InChI is InChI=1S/C31H37N3O4/c1-5-37-29-18-22(10-12-27(29)33(2)3)21-8-9-23-20-34(31(35)26(23)17-21)25-11-13-28(30(19-25)36-4)38-16-14-24-7-6-15-32-24/h8-13,17-19,24,32H,5-7,14-16,20H2,1-4H3. The Labute approximate surface area is 225 Å². The van der Waals surface area contributed by atoms with Crippen LogP contribution in [-0.4, -0.2) is 52.9 Å². The lowest BCUT2D eigenvalue weighted by Gasteiger charge is -2.19. The number of nitrogens with one attached hydrogen (secondary N) is 1. The van der Waals surface area contributed by atoms with Gasteiger partial charge >= 0.3 is 0 Å². The van der Waals surface area contributed by atoms with Crippen molar-refractivity contribution in [2.75, 3.05) is 50.8 Å². The normalized spacial score (nSPS) is 16.5. The van der Waals surface area contributed by atoms with E-state index in [-0.39, 0.29) is 5.91 Å². The quantitative estimate of drug-likeness (QED) is 0.384. The number of amides is 1. The third kappa shape index (κ3) is 5.29. The Morgan fingerprint density at radius 1 is 0.974 bits per heavy atom. The SMILES string of the molecule is CCOc1cc(-c2ccc3c(c2)C(=O)N(c2ccc(OCCC4CCCN4)c(OC)c2)C3)ccc1N(C)C. The minimum atomic E-state index is -0.0141. The molecule has 1 unspecified atom stereocenters. The number of nitrogens with zero attached hydrogens (tertiary/aromatic N) is 2. The lowest BCUT2D eigenvalue weighted by Crippen LogP contribution is -2.24. The van der Waals surface area contributed by atoms with E-state index in [1.807, 2.05) is 56.3 Å². The lowest BCUT2D eigenvalue weighted by atomic mass is 9.99. The van der Waals surface area contributed by atoms with E-state index in [4.69, 9.17) is 14.2 Å². The number of methoxy groups -OCH3 is 1. The van der Waals surface area contributed by atoms with Crippen molar-refractivity contribution in [3.8, 4) is 28.4 Å². The van der Waals surface area contributed by atoms with Gasteiger partial charge in [-0.1, -0.05) is 18.2 Å². The van der Waals surface area contributed by atoms with Gasteiger partial charge in [0.15, 0.2) is 11.5 Å². The maximum Gasteiger partial charge on any atom is 0.258 e. The molecule has 1 fully saturated rings. The third-order valence-electron chi connectivity index (χ3n) is 7.33. The Bertz CT molecular complexity index is 1300. The highest BCUT2D eigenvalue weighted by molar-refractivity contribution is 6.10. The fourth-order valence-electron chi connectivity index (χ4n) is 5.28. The van der Waals surface area contributed by atoms with Gasteiger partial charge < -0.3 is 29.3 Å². The maximum absolute atomic E-state index is 13.5. The van der Waals surface area contributed by atoms with E-state index < -0.39 is 0 Å². The Morgan fingerprint density at radius 2 is 1.79 bits per heavy atom. The van der Waals surface area contributed by atoms with Crippen LogP contribution in [-0.2, 0) is 6.54 Å². The zero-order valence-corrected chi connectivity index (χ0v) is 22.8. The number of anilines is 2. The van der Waals surface area contributed by atoms with Crippen LogP contribution in [0, 0.1) is 0 Å². The van der Waals surface area contributed by atoms with Crippen LogP contribution in [0.2, 0.25) is 0 Å². The Hall–Kier alpha value is -3.71. The van der Waals surface area contributed by atoms with Crippen molar-refractivity contribution >= 4 is 17.3 Å². The number of hydrogen-bond acceptors (Lipinski definition) is 6. The topological polar surface area (TPSA) is 63.3 Å². The molecule has 0 bridgehead atoms. The van der Waals surface area contributed by atoms with Crippen molar-refractivity contribution in [3.05, 3.63) is 65.7 Å². The molecule has 7 heteroatoms. The Kier molecular flexibility index (Phi) is 7.74. The summed E-state index contributed by atoms with van der Waals surface area (Å²) in [4.78, 5) is 17.3. The van der Waals surface area contributed by atoms with Crippen LogP contribution in [0.15, 0.2) is 54.6 Å². The molecular weight excluding hydrogens is 478 g/mol. The zero-order valence-electron chi connectivity index (χ0n) is 22.8. The van der Waals surface area contributed by atoms with Crippen LogP contribution in [0.1, 0.15) is 42.1 Å². The van der Waals surface area contributed by atoms with Crippen LogP contribution in [0.25, 0.3) is 11.1 Å². The minimum Gasteiger partial charge on any atom is -0.493 e. The average Bonchev–Trinajstić information content (AvgIpc) is 3.56. The van der Waals surface area contributed by atoms with Crippen LogP contribution >= 0.6 is 0 Å². The first-order chi connectivity index (χ1) is 18.5. The van der Waals surface area contributed by atoms with Gasteiger partial charge in [-0.3, -0.25) is 4.79 Å². The smallest absolute Gasteiger partial charge is 0.258 e. The summed E-state index contributed by atoms with van der Waals surface area (Å²) in [5.41, 5.74) is 5.56. The number of benzene rings is 3. The number of ether oxygens (including phenoxy) is 3. The van der Waals surface area contributed by atoms with Crippen molar-refractivity contribution in [1.29, 1.82) is 0 Å². The number of rotatable bonds is 10. The monoisotopic (exact) mass is 515 g/mol. The first-order valence-corrected chi connectivity index (χ1v) is 13.4. The molecule has 5 rings (SSSR count). The highest BCUT2D eigenvalue weighted by Gasteiger charge is 2.29. The highest BCUT2D eigenvalue weighted by atomic mass is 16.5. The molecule has 1 amide bonds. The molecule has 0 aliphatic carbocycles. The van der Waals surface area contributed by atoms with Crippen molar-refractivity contribution in [2.45, 2.75) is 38.8 Å². The van der Waals surface area contributed by atoms with Crippen LogP contribution < -0.4 is 29.3 Å². The molecule has 2 aliphatic rings. The summed E-state index contributed by atoms with van der Waals surface area (Å²) in [5, 5.41) is 3.50. The van der Waals surface area contributed by atoms with E-state index in [0.29, 0.717) is 37.3 Å². The first-order valence-electron chi connectivity index (χ1n) is 13.4. The molecule has 2 aliphatic heterocycles. The van der Waals surface area contributed by atoms with E-state index in [1.54, 1.807) is 12.0 Å². The van der Waals surface area contributed by atoms with E-state index in [2.05, 4.69) is 29.6 Å². The van der Waals surface area contributed by atoms with Gasteiger partial charge in [0.1, 0.15) is 5.75 Å². The van der Waals surface area contributed by atoms with Gasteiger partial charge in [-0.25, -0.2) is 0 Å². The molecule has 38 heavy (non-hydrogen) atoms. The van der Waals surface area contributed by atoms with Gasteiger partial charge in [-0.2, -0.15) is 0 Å². The molecule has 7 nitrogen and oxygen atoms in total. The summed E-state index contributed by atoms with van der Waals surface area (Å²) < 4.78 is 17.5. The molecule has 0 radical (unpaired) electrons. The molecule has 3 aromatic carbocycles. The highest BCUT2D eigenvalue weighted by Crippen LogP contribution is 2.38. The van der Waals surface area contributed by atoms with Gasteiger partial charge in [0.2, 0.25) is 0 Å².